The van der Waals surface area contributed by atoms with Crippen LogP contribution in [0.2, 0.25) is 0 Å². The number of hydrogen-bond acceptors (Lipinski definition) is 2. The molecule has 0 saturated carbocycles. The lowest BCUT2D eigenvalue weighted by Crippen LogP contribution is -1.90. The third-order valence-corrected chi connectivity index (χ3v) is 2.58. The van der Waals surface area contributed by atoms with Crippen LogP contribution in [0.3, 0.4) is 0 Å². The minimum Gasteiger partial charge on any atom is -0.278 e. The number of hydrazone groups is 1. The molecule has 0 amide bonds. The molecule has 2 heteroatoms. The Morgan fingerprint density at radius 1 is 0.944 bits per heavy atom. The molecule has 2 nitrogen and oxygen atoms in total. The standard InChI is InChI=1S/C16H16N2/c1-14-8-5-6-12-16(14)18-17-13-7-11-15-9-3-2-4-10-15/h2-13,18H,1H3/b11-7+,17-13-. The number of anilines is 1. The van der Waals surface area contributed by atoms with Crippen molar-refractivity contribution in [2.24, 2.45) is 5.10 Å². The van der Waals surface area contributed by atoms with E-state index in [0.29, 0.717) is 0 Å². The summed E-state index contributed by atoms with van der Waals surface area (Å²) in [6.45, 7) is 2.05. The van der Waals surface area contributed by atoms with E-state index in [-0.39, 0.29) is 0 Å². The maximum atomic E-state index is 4.16. The van der Waals surface area contributed by atoms with E-state index in [1.807, 2.05) is 48.6 Å². The second kappa shape index (κ2) is 6.40. The van der Waals surface area contributed by atoms with E-state index in [1.54, 1.807) is 6.21 Å². The molecule has 0 aliphatic rings. The van der Waals surface area contributed by atoms with E-state index < -0.39 is 0 Å². The zero-order chi connectivity index (χ0) is 12.6. The first-order valence-corrected chi connectivity index (χ1v) is 5.93. The van der Waals surface area contributed by atoms with Crippen LogP contribution >= 0.6 is 0 Å². The van der Waals surface area contributed by atoms with Gasteiger partial charge in [0.15, 0.2) is 0 Å². The van der Waals surface area contributed by atoms with Crippen molar-refractivity contribution in [3.8, 4) is 0 Å². The Morgan fingerprint density at radius 3 is 2.44 bits per heavy atom. The highest BCUT2D eigenvalue weighted by Gasteiger charge is 1.91. The Morgan fingerprint density at radius 2 is 1.67 bits per heavy atom. The van der Waals surface area contributed by atoms with Gasteiger partial charge in [-0.25, -0.2) is 0 Å². The molecule has 0 aliphatic heterocycles. The van der Waals surface area contributed by atoms with Crippen LogP contribution in [-0.4, -0.2) is 6.21 Å². The van der Waals surface area contributed by atoms with Crippen LogP contribution in [0.5, 0.6) is 0 Å². The van der Waals surface area contributed by atoms with E-state index in [4.69, 9.17) is 0 Å². The molecule has 18 heavy (non-hydrogen) atoms. The zero-order valence-electron chi connectivity index (χ0n) is 10.4. The number of allylic oxidation sites excluding steroid dienone is 1. The van der Waals surface area contributed by atoms with Crippen molar-refractivity contribution in [2.75, 3.05) is 5.43 Å². The van der Waals surface area contributed by atoms with Crippen molar-refractivity contribution < 1.29 is 0 Å². The summed E-state index contributed by atoms with van der Waals surface area (Å²) in [5.74, 6) is 0. The Balaban J connectivity index is 1.90. The summed E-state index contributed by atoms with van der Waals surface area (Å²) in [4.78, 5) is 0. The number of hydrogen-bond donors (Lipinski definition) is 1. The second-order valence-corrected chi connectivity index (χ2v) is 3.97. The molecule has 0 bridgehead atoms. The predicted octanol–water partition coefficient (Wildman–Crippen LogP) is 4.11. The number of benzene rings is 2. The molecule has 0 spiro atoms. The van der Waals surface area contributed by atoms with Gasteiger partial charge in [-0.2, -0.15) is 5.10 Å². The highest BCUT2D eigenvalue weighted by Crippen LogP contribution is 2.12. The third kappa shape index (κ3) is 3.59. The van der Waals surface area contributed by atoms with E-state index >= 15 is 0 Å². The lowest BCUT2D eigenvalue weighted by atomic mass is 10.2. The SMILES string of the molecule is Cc1ccccc1N/N=C\C=C\c1ccccc1. The Bertz CT molecular complexity index is 542. The highest BCUT2D eigenvalue weighted by molar-refractivity contribution is 5.78. The minimum absolute atomic E-state index is 1.03. The topological polar surface area (TPSA) is 24.4 Å². The molecule has 0 heterocycles. The maximum absolute atomic E-state index is 4.16. The van der Waals surface area contributed by atoms with Crippen LogP contribution in [0.1, 0.15) is 11.1 Å². The second-order valence-electron chi connectivity index (χ2n) is 3.97. The van der Waals surface area contributed by atoms with Gasteiger partial charge in [0.1, 0.15) is 0 Å². The fourth-order valence-corrected chi connectivity index (χ4v) is 1.57. The summed E-state index contributed by atoms with van der Waals surface area (Å²) in [6.07, 6.45) is 5.68. The Hall–Kier alpha value is -2.35. The molecule has 2 aromatic carbocycles. The van der Waals surface area contributed by atoms with Crippen molar-refractivity contribution >= 4 is 18.0 Å². The van der Waals surface area contributed by atoms with E-state index in [2.05, 4.69) is 35.7 Å². The van der Waals surface area contributed by atoms with Gasteiger partial charge < -0.3 is 0 Å². The molecule has 1 N–H and O–H groups in total. The lowest BCUT2D eigenvalue weighted by molar-refractivity contribution is 1.31. The molecule has 0 fully saturated rings. The van der Waals surface area contributed by atoms with Crippen LogP contribution < -0.4 is 5.43 Å². The first kappa shape index (κ1) is 12.1. The summed E-state index contributed by atoms with van der Waals surface area (Å²) in [5.41, 5.74) is 6.40. The van der Waals surface area contributed by atoms with Crippen LogP contribution in [0, 0.1) is 6.92 Å². The summed E-state index contributed by atoms with van der Waals surface area (Å²) in [7, 11) is 0. The average Bonchev–Trinajstić information content (AvgIpc) is 2.42. The smallest absolute Gasteiger partial charge is 0.0590 e. The van der Waals surface area contributed by atoms with Crippen LogP contribution in [0.25, 0.3) is 6.08 Å². The summed E-state index contributed by atoms with van der Waals surface area (Å²) in [5, 5.41) is 4.16. The quantitative estimate of drug-likeness (QED) is 0.627. The number of para-hydroxylation sites is 1. The summed E-state index contributed by atoms with van der Waals surface area (Å²) in [6, 6.07) is 18.2. The molecule has 0 aliphatic carbocycles. The Labute approximate surface area is 108 Å². The minimum atomic E-state index is 1.03. The highest BCUT2D eigenvalue weighted by atomic mass is 15.3. The molecular weight excluding hydrogens is 220 g/mol. The van der Waals surface area contributed by atoms with Gasteiger partial charge in [-0.3, -0.25) is 5.43 Å². The van der Waals surface area contributed by atoms with Crippen LogP contribution in [0.15, 0.2) is 65.8 Å². The van der Waals surface area contributed by atoms with Gasteiger partial charge in [0, 0.05) is 6.21 Å². The van der Waals surface area contributed by atoms with Gasteiger partial charge in [0.25, 0.3) is 0 Å². The van der Waals surface area contributed by atoms with Gasteiger partial charge in [-0.05, 0) is 30.2 Å². The molecule has 2 aromatic rings. The Kier molecular flexibility index (Phi) is 4.31. The molecule has 90 valence electrons. The van der Waals surface area contributed by atoms with Crippen molar-refractivity contribution in [1.82, 2.24) is 0 Å². The number of nitrogens with one attached hydrogen (secondary N) is 1. The van der Waals surface area contributed by atoms with Gasteiger partial charge in [-0.1, -0.05) is 54.6 Å². The normalized spacial score (nSPS) is 11.2. The van der Waals surface area contributed by atoms with Crippen molar-refractivity contribution in [3.05, 3.63) is 71.8 Å². The van der Waals surface area contributed by atoms with Gasteiger partial charge >= 0.3 is 0 Å². The molecule has 0 unspecified atom stereocenters. The zero-order valence-corrected chi connectivity index (χ0v) is 10.4. The third-order valence-electron chi connectivity index (χ3n) is 2.58. The summed E-state index contributed by atoms with van der Waals surface area (Å²) >= 11 is 0. The van der Waals surface area contributed by atoms with Crippen molar-refractivity contribution in [3.63, 3.8) is 0 Å². The fraction of sp³-hybridized carbons (Fsp3) is 0.0625. The molecule has 0 atom stereocenters. The molecule has 0 saturated heterocycles. The lowest BCUT2D eigenvalue weighted by Gasteiger charge is -2.02. The van der Waals surface area contributed by atoms with E-state index in [9.17, 15) is 0 Å². The maximum Gasteiger partial charge on any atom is 0.0590 e. The molecule has 0 aromatic heterocycles. The molecule has 0 radical (unpaired) electrons. The molecule has 2 rings (SSSR count). The first-order valence-electron chi connectivity index (χ1n) is 5.93. The van der Waals surface area contributed by atoms with Gasteiger partial charge in [0.05, 0.1) is 5.69 Å². The monoisotopic (exact) mass is 236 g/mol. The molecular formula is C16H16N2. The summed E-state index contributed by atoms with van der Waals surface area (Å²) < 4.78 is 0. The first-order chi connectivity index (χ1) is 8.86. The van der Waals surface area contributed by atoms with E-state index in [1.165, 1.54) is 11.1 Å². The van der Waals surface area contributed by atoms with E-state index in [0.717, 1.165) is 5.69 Å². The largest absolute Gasteiger partial charge is 0.278 e. The van der Waals surface area contributed by atoms with Gasteiger partial charge in [-0.15, -0.1) is 0 Å². The van der Waals surface area contributed by atoms with Crippen LogP contribution in [-0.2, 0) is 0 Å². The van der Waals surface area contributed by atoms with Crippen LogP contribution in [0.4, 0.5) is 5.69 Å². The van der Waals surface area contributed by atoms with Gasteiger partial charge in [0.2, 0.25) is 0 Å². The average molecular weight is 236 g/mol. The number of nitrogens with zero attached hydrogens (tertiary/aromatic N) is 1. The predicted molar refractivity (Wildman–Crippen MR) is 78.8 cm³/mol. The number of aryl methyl sites for hydroxylation is 1. The fourth-order valence-electron chi connectivity index (χ4n) is 1.57. The number of rotatable bonds is 4. The van der Waals surface area contributed by atoms with Crippen molar-refractivity contribution in [2.45, 2.75) is 6.92 Å². The van der Waals surface area contributed by atoms with Crippen molar-refractivity contribution in [1.29, 1.82) is 0 Å².